The molecule has 186 valence electrons. The van der Waals surface area contributed by atoms with E-state index >= 15 is 0 Å². The first-order valence-electron chi connectivity index (χ1n) is 11.0. The molecule has 0 amide bonds. The zero-order chi connectivity index (χ0) is 26.1. The van der Waals surface area contributed by atoms with Gasteiger partial charge < -0.3 is 14.2 Å². The third-order valence-corrected chi connectivity index (χ3v) is 7.48. The van der Waals surface area contributed by atoms with E-state index in [0.29, 0.717) is 43.4 Å². The van der Waals surface area contributed by atoms with Crippen molar-refractivity contribution in [2.24, 2.45) is 4.99 Å². The number of hydrogen-bond acceptors (Lipinski definition) is 7. The molecule has 0 spiro atoms. The summed E-state index contributed by atoms with van der Waals surface area (Å²) in [5.41, 5.74) is 1.10. The first-order chi connectivity index (χ1) is 17.8. The van der Waals surface area contributed by atoms with Crippen LogP contribution in [0.4, 0.5) is 0 Å². The summed E-state index contributed by atoms with van der Waals surface area (Å²) >= 11 is 19.8. The number of nitrogens with zero attached hydrogens (tertiary/aromatic N) is 1. The summed E-state index contributed by atoms with van der Waals surface area (Å²) < 4.78 is 17.5. The Balaban J connectivity index is 1.42. The molecule has 10 heteroatoms. The molecule has 4 aromatic rings. The van der Waals surface area contributed by atoms with Gasteiger partial charge in [-0.25, -0.2) is 14.6 Å². The topological polar surface area (TPSA) is 74.2 Å². The summed E-state index contributed by atoms with van der Waals surface area (Å²) in [4.78, 5) is 29.9. The van der Waals surface area contributed by atoms with Gasteiger partial charge in [0.2, 0.25) is 5.90 Å². The lowest BCUT2D eigenvalue weighted by Crippen LogP contribution is -2.08. The van der Waals surface area contributed by atoms with Gasteiger partial charge in [-0.2, -0.15) is 0 Å². The van der Waals surface area contributed by atoms with Gasteiger partial charge in [-0.05, 0) is 55.0 Å². The second-order valence-electron chi connectivity index (χ2n) is 7.73. The van der Waals surface area contributed by atoms with Crippen LogP contribution in [0.25, 0.3) is 16.2 Å². The average molecular weight is 573 g/mol. The molecule has 0 bridgehead atoms. The number of ether oxygens (including phenoxy) is 3. The van der Waals surface area contributed by atoms with Crippen molar-refractivity contribution in [2.45, 2.75) is 6.92 Å². The summed E-state index contributed by atoms with van der Waals surface area (Å²) in [6.07, 6.45) is 1.54. The van der Waals surface area contributed by atoms with E-state index < -0.39 is 11.9 Å². The van der Waals surface area contributed by atoms with Gasteiger partial charge in [0.15, 0.2) is 17.2 Å². The molecule has 1 aliphatic rings. The Hall–Kier alpha value is -3.36. The molecule has 0 aliphatic carbocycles. The molecule has 0 fully saturated rings. The SMILES string of the molecule is CCOc1cc(/C=C2/N=C(c3ccc(Cl)cc3Cl)OC2=O)ccc1OC(=O)c1sc2ccccc2c1Cl. The fraction of sp³-hybridized carbons (Fsp3) is 0.0741. The maximum absolute atomic E-state index is 12.9. The monoisotopic (exact) mass is 571 g/mol. The molecule has 0 radical (unpaired) electrons. The standard InChI is InChI=1S/C27H16Cl3NO5S/c1-2-34-21-12-14(11-19-26(32)36-25(31-19)16-9-8-15(28)13-18(16)29)7-10-20(21)35-27(33)24-23(30)17-5-3-4-6-22(17)37-24/h3-13H,2H2,1H3/b19-11+. The third kappa shape index (κ3) is 5.22. The molecule has 3 aromatic carbocycles. The van der Waals surface area contributed by atoms with Crippen LogP contribution in [0.5, 0.6) is 11.5 Å². The van der Waals surface area contributed by atoms with E-state index in [-0.39, 0.29) is 17.3 Å². The van der Waals surface area contributed by atoms with Crippen molar-refractivity contribution in [2.75, 3.05) is 6.61 Å². The van der Waals surface area contributed by atoms with Gasteiger partial charge in [0.05, 0.1) is 22.2 Å². The number of benzene rings is 3. The van der Waals surface area contributed by atoms with Gasteiger partial charge in [-0.15, -0.1) is 11.3 Å². The lowest BCUT2D eigenvalue weighted by atomic mass is 10.1. The highest BCUT2D eigenvalue weighted by molar-refractivity contribution is 7.21. The molecule has 2 heterocycles. The molecule has 0 saturated heterocycles. The van der Waals surface area contributed by atoms with Crippen molar-refractivity contribution in [3.8, 4) is 11.5 Å². The lowest BCUT2D eigenvalue weighted by molar-refractivity contribution is -0.129. The summed E-state index contributed by atoms with van der Waals surface area (Å²) in [5.74, 6) is -0.610. The van der Waals surface area contributed by atoms with Crippen molar-refractivity contribution in [1.82, 2.24) is 0 Å². The largest absolute Gasteiger partial charge is 0.490 e. The van der Waals surface area contributed by atoms with Gasteiger partial charge >= 0.3 is 11.9 Å². The van der Waals surface area contributed by atoms with E-state index in [1.807, 2.05) is 24.3 Å². The number of cyclic esters (lactones) is 1. The van der Waals surface area contributed by atoms with Crippen molar-refractivity contribution in [1.29, 1.82) is 0 Å². The number of thiophene rings is 1. The van der Waals surface area contributed by atoms with E-state index in [1.54, 1.807) is 37.3 Å². The molecule has 5 rings (SSSR count). The van der Waals surface area contributed by atoms with E-state index in [2.05, 4.69) is 4.99 Å². The third-order valence-electron chi connectivity index (χ3n) is 5.28. The number of rotatable bonds is 6. The highest BCUT2D eigenvalue weighted by Gasteiger charge is 2.26. The smallest absolute Gasteiger partial charge is 0.363 e. The van der Waals surface area contributed by atoms with Crippen LogP contribution in [0.2, 0.25) is 15.1 Å². The summed E-state index contributed by atoms with van der Waals surface area (Å²) in [6.45, 7) is 2.13. The Morgan fingerprint density at radius 2 is 1.86 bits per heavy atom. The second kappa shape index (κ2) is 10.6. The number of aliphatic imine (C=N–C) groups is 1. The van der Waals surface area contributed by atoms with Crippen LogP contribution in [0.15, 0.2) is 71.4 Å². The van der Waals surface area contributed by atoms with E-state index in [0.717, 1.165) is 10.1 Å². The van der Waals surface area contributed by atoms with Gasteiger partial charge in [0.25, 0.3) is 0 Å². The minimum Gasteiger partial charge on any atom is -0.490 e. The van der Waals surface area contributed by atoms with Crippen molar-refractivity contribution in [3.05, 3.63) is 97.4 Å². The first kappa shape index (κ1) is 25.3. The maximum atomic E-state index is 12.9. The summed E-state index contributed by atoms with van der Waals surface area (Å²) in [5, 5.41) is 1.90. The number of halogens is 3. The normalized spacial score (nSPS) is 14.1. The Kier molecular flexibility index (Phi) is 7.22. The Morgan fingerprint density at radius 3 is 2.62 bits per heavy atom. The van der Waals surface area contributed by atoms with E-state index in [1.165, 1.54) is 23.5 Å². The van der Waals surface area contributed by atoms with Gasteiger partial charge in [0, 0.05) is 15.1 Å². The summed E-state index contributed by atoms with van der Waals surface area (Å²) in [7, 11) is 0. The van der Waals surface area contributed by atoms with Gasteiger partial charge in [0.1, 0.15) is 4.88 Å². The highest BCUT2D eigenvalue weighted by atomic mass is 35.5. The van der Waals surface area contributed by atoms with E-state index in [9.17, 15) is 9.59 Å². The molecular formula is C27H16Cl3NO5S. The summed E-state index contributed by atoms with van der Waals surface area (Å²) in [6, 6.07) is 17.1. The zero-order valence-corrected chi connectivity index (χ0v) is 22.2. The zero-order valence-electron chi connectivity index (χ0n) is 19.1. The number of carbonyl (C=O) groups excluding carboxylic acids is 2. The molecule has 37 heavy (non-hydrogen) atoms. The van der Waals surface area contributed by atoms with Crippen LogP contribution >= 0.6 is 46.1 Å². The van der Waals surface area contributed by atoms with Crippen LogP contribution in [0, 0.1) is 0 Å². The molecule has 0 atom stereocenters. The van der Waals surface area contributed by atoms with E-state index in [4.69, 9.17) is 49.0 Å². The van der Waals surface area contributed by atoms with Crippen molar-refractivity contribution in [3.63, 3.8) is 0 Å². The molecule has 0 N–H and O–H groups in total. The molecule has 1 aliphatic heterocycles. The Labute approximate surface area is 230 Å². The molecule has 0 saturated carbocycles. The molecule has 0 unspecified atom stereocenters. The molecule has 1 aromatic heterocycles. The Bertz CT molecular complexity index is 1630. The Morgan fingerprint density at radius 1 is 1.05 bits per heavy atom. The quantitative estimate of drug-likeness (QED) is 0.134. The average Bonchev–Trinajstić information content (AvgIpc) is 3.40. The maximum Gasteiger partial charge on any atom is 0.363 e. The highest BCUT2D eigenvalue weighted by Crippen LogP contribution is 2.37. The van der Waals surface area contributed by atoms with Gasteiger partial charge in [-0.1, -0.05) is 59.1 Å². The number of fused-ring (bicyclic) bond motifs is 1. The van der Waals surface area contributed by atoms with Gasteiger partial charge in [-0.3, -0.25) is 0 Å². The predicted molar refractivity (Wildman–Crippen MR) is 146 cm³/mol. The van der Waals surface area contributed by atoms with Crippen molar-refractivity contribution >= 4 is 80.1 Å². The first-order valence-corrected chi connectivity index (χ1v) is 12.9. The van der Waals surface area contributed by atoms with Crippen LogP contribution in [0.3, 0.4) is 0 Å². The molecule has 6 nitrogen and oxygen atoms in total. The fourth-order valence-corrected chi connectivity index (χ4v) is 5.48. The lowest BCUT2D eigenvalue weighted by Gasteiger charge is -2.11. The second-order valence-corrected chi connectivity index (χ2v) is 10.0. The van der Waals surface area contributed by atoms with Crippen LogP contribution in [-0.2, 0) is 9.53 Å². The van der Waals surface area contributed by atoms with Crippen molar-refractivity contribution < 1.29 is 23.8 Å². The minimum absolute atomic E-state index is 0.0743. The van der Waals surface area contributed by atoms with Crippen LogP contribution in [-0.4, -0.2) is 24.4 Å². The minimum atomic E-state index is -0.631. The number of carbonyl (C=O) groups is 2. The number of esters is 2. The van der Waals surface area contributed by atoms with Crippen LogP contribution in [0.1, 0.15) is 27.7 Å². The van der Waals surface area contributed by atoms with Crippen LogP contribution < -0.4 is 9.47 Å². The predicted octanol–water partition coefficient (Wildman–Crippen LogP) is 7.82. The number of hydrogen-bond donors (Lipinski definition) is 0. The molecular weight excluding hydrogens is 557 g/mol. The fourth-order valence-electron chi connectivity index (χ4n) is 3.60.